The van der Waals surface area contributed by atoms with E-state index < -0.39 is 6.04 Å². The summed E-state index contributed by atoms with van der Waals surface area (Å²) < 4.78 is 0.963. The Hall–Kier alpha value is -3.25. The minimum atomic E-state index is -0.757. The number of carbonyl (C=O) groups excluding carboxylic acids is 2. The highest BCUT2D eigenvalue weighted by molar-refractivity contribution is 9.10. The molecule has 0 aliphatic carbocycles. The molecule has 0 saturated heterocycles. The van der Waals surface area contributed by atoms with Crippen LogP contribution in [0.5, 0.6) is 0 Å². The lowest BCUT2D eigenvalue weighted by atomic mass is 10.0. The molecule has 3 rings (SSSR count). The molecule has 3 aromatic carbocycles. The molecule has 0 aliphatic heterocycles. The first kappa shape index (κ1) is 20.5. The van der Waals surface area contributed by atoms with Crippen LogP contribution < -0.4 is 10.7 Å². The van der Waals surface area contributed by atoms with Crippen molar-refractivity contribution in [2.45, 2.75) is 12.5 Å². The van der Waals surface area contributed by atoms with Crippen LogP contribution in [0.2, 0.25) is 0 Å². The van der Waals surface area contributed by atoms with E-state index >= 15 is 0 Å². The molecule has 146 valence electrons. The fourth-order valence-corrected chi connectivity index (χ4v) is 2.95. The van der Waals surface area contributed by atoms with Crippen LogP contribution >= 0.6 is 15.9 Å². The second-order valence-corrected chi connectivity index (χ2v) is 7.28. The van der Waals surface area contributed by atoms with Crippen molar-refractivity contribution in [2.24, 2.45) is 5.10 Å². The van der Waals surface area contributed by atoms with E-state index in [-0.39, 0.29) is 11.8 Å². The standard InChI is InChI=1S/C23H20BrN3O2/c24-20-13-11-18(12-14-20)16-25-27-23(29)21(15-17-7-3-1-4-8-17)26-22(28)19-9-5-2-6-10-19/h1-14,16,21H,15H2,(H,26,28)(H,27,29)/b25-16+. The highest BCUT2D eigenvalue weighted by Crippen LogP contribution is 2.09. The maximum Gasteiger partial charge on any atom is 0.262 e. The molecule has 2 N–H and O–H groups in total. The van der Waals surface area contributed by atoms with E-state index in [1.807, 2.05) is 60.7 Å². The van der Waals surface area contributed by atoms with Gasteiger partial charge in [0.15, 0.2) is 0 Å². The molecule has 0 heterocycles. The highest BCUT2D eigenvalue weighted by atomic mass is 79.9. The maximum atomic E-state index is 12.7. The minimum absolute atomic E-state index is 0.307. The molecule has 0 bridgehead atoms. The van der Waals surface area contributed by atoms with E-state index in [2.05, 4.69) is 31.8 Å². The van der Waals surface area contributed by atoms with Gasteiger partial charge in [0.1, 0.15) is 6.04 Å². The molecule has 0 spiro atoms. The number of hydrogen-bond donors (Lipinski definition) is 2. The molecule has 0 aliphatic rings. The van der Waals surface area contributed by atoms with Crippen LogP contribution in [-0.4, -0.2) is 24.1 Å². The lowest BCUT2D eigenvalue weighted by Gasteiger charge is -2.17. The lowest BCUT2D eigenvalue weighted by molar-refractivity contribution is -0.122. The zero-order chi connectivity index (χ0) is 20.5. The van der Waals surface area contributed by atoms with Gasteiger partial charge >= 0.3 is 0 Å². The van der Waals surface area contributed by atoms with E-state index in [0.717, 1.165) is 15.6 Å². The topological polar surface area (TPSA) is 70.6 Å². The average molecular weight is 450 g/mol. The predicted molar refractivity (Wildman–Crippen MR) is 118 cm³/mol. The van der Waals surface area contributed by atoms with Crippen LogP contribution in [0, 0.1) is 0 Å². The van der Waals surface area contributed by atoms with Crippen LogP contribution in [-0.2, 0) is 11.2 Å². The Labute approximate surface area is 178 Å². The van der Waals surface area contributed by atoms with Crippen molar-refractivity contribution in [3.05, 3.63) is 106 Å². The fraction of sp³-hybridized carbons (Fsp3) is 0.0870. The first-order chi connectivity index (χ1) is 14.1. The Morgan fingerprint density at radius 1 is 0.897 bits per heavy atom. The number of benzene rings is 3. The van der Waals surface area contributed by atoms with Gasteiger partial charge in [-0.15, -0.1) is 0 Å². The predicted octanol–water partition coefficient (Wildman–Crippen LogP) is 3.94. The van der Waals surface area contributed by atoms with Crippen molar-refractivity contribution in [3.8, 4) is 0 Å². The number of hydrogen-bond acceptors (Lipinski definition) is 3. The summed E-state index contributed by atoms with van der Waals surface area (Å²) >= 11 is 3.38. The summed E-state index contributed by atoms with van der Waals surface area (Å²) in [7, 11) is 0. The molecule has 0 aromatic heterocycles. The number of nitrogens with one attached hydrogen (secondary N) is 2. The number of nitrogens with zero attached hydrogens (tertiary/aromatic N) is 1. The molecule has 3 aromatic rings. The summed E-state index contributed by atoms with van der Waals surface area (Å²) in [6, 6.07) is 25.1. The summed E-state index contributed by atoms with van der Waals surface area (Å²) in [4.78, 5) is 25.3. The van der Waals surface area contributed by atoms with Crippen molar-refractivity contribution in [1.82, 2.24) is 10.7 Å². The van der Waals surface area contributed by atoms with Gasteiger partial charge in [0.2, 0.25) is 0 Å². The van der Waals surface area contributed by atoms with Crippen molar-refractivity contribution in [2.75, 3.05) is 0 Å². The van der Waals surface area contributed by atoms with Gasteiger partial charge in [-0.05, 0) is 35.4 Å². The second-order valence-electron chi connectivity index (χ2n) is 6.37. The SMILES string of the molecule is O=C(NC(Cc1ccccc1)C(=O)N/N=C/c1ccc(Br)cc1)c1ccccc1. The Morgan fingerprint density at radius 3 is 2.17 bits per heavy atom. The zero-order valence-electron chi connectivity index (χ0n) is 15.6. The summed E-state index contributed by atoms with van der Waals surface area (Å²) in [5.74, 6) is -0.690. The van der Waals surface area contributed by atoms with Crippen LogP contribution in [0.25, 0.3) is 0 Å². The van der Waals surface area contributed by atoms with E-state index in [1.165, 1.54) is 0 Å². The molecule has 0 radical (unpaired) electrons. The Kier molecular flexibility index (Phi) is 7.30. The van der Waals surface area contributed by atoms with Gasteiger partial charge in [-0.2, -0.15) is 5.10 Å². The third-order valence-corrected chi connectivity index (χ3v) is 4.73. The third kappa shape index (κ3) is 6.40. The van der Waals surface area contributed by atoms with Crippen LogP contribution in [0.15, 0.2) is 94.5 Å². The number of amides is 2. The first-order valence-electron chi connectivity index (χ1n) is 9.10. The highest BCUT2D eigenvalue weighted by Gasteiger charge is 2.21. The van der Waals surface area contributed by atoms with E-state index in [9.17, 15) is 9.59 Å². The van der Waals surface area contributed by atoms with E-state index in [0.29, 0.717) is 12.0 Å². The van der Waals surface area contributed by atoms with Crippen LogP contribution in [0.1, 0.15) is 21.5 Å². The molecule has 1 unspecified atom stereocenters. The third-order valence-electron chi connectivity index (χ3n) is 4.20. The summed E-state index contributed by atoms with van der Waals surface area (Å²) in [6.07, 6.45) is 1.92. The second kappa shape index (κ2) is 10.3. The molecule has 0 fully saturated rings. The van der Waals surface area contributed by atoms with Crippen LogP contribution in [0.3, 0.4) is 0 Å². The summed E-state index contributed by atoms with van der Waals surface area (Å²) in [5, 5.41) is 6.83. The molecule has 5 nitrogen and oxygen atoms in total. The first-order valence-corrected chi connectivity index (χ1v) is 9.89. The quantitative estimate of drug-likeness (QED) is 0.423. The molecule has 29 heavy (non-hydrogen) atoms. The molecule has 6 heteroatoms. The van der Waals surface area contributed by atoms with E-state index in [4.69, 9.17) is 0 Å². The Balaban J connectivity index is 1.70. The Morgan fingerprint density at radius 2 is 1.52 bits per heavy atom. The summed E-state index contributed by atoms with van der Waals surface area (Å²) in [5.41, 5.74) is 4.82. The number of halogens is 1. The molecule has 0 saturated carbocycles. The minimum Gasteiger partial charge on any atom is -0.340 e. The smallest absolute Gasteiger partial charge is 0.262 e. The molecule has 2 amide bonds. The molecular formula is C23H20BrN3O2. The maximum absolute atomic E-state index is 12.7. The van der Waals surface area contributed by atoms with Gasteiger partial charge in [-0.3, -0.25) is 9.59 Å². The average Bonchev–Trinajstić information content (AvgIpc) is 2.76. The fourth-order valence-electron chi connectivity index (χ4n) is 2.69. The van der Waals surface area contributed by atoms with Crippen molar-refractivity contribution in [1.29, 1.82) is 0 Å². The molecular weight excluding hydrogens is 430 g/mol. The monoisotopic (exact) mass is 449 g/mol. The Bertz CT molecular complexity index is 974. The van der Waals surface area contributed by atoms with Gasteiger partial charge < -0.3 is 5.32 Å². The molecule has 1 atom stereocenters. The largest absolute Gasteiger partial charge is 0.340 e. The number of rotatable bonds is 7. The van der Waals surface area contributed by atoms with Gasteiger partial charge in [-0.1, -0.05) is 76.6 Å². The van der Waals surface area contributed by atoms with Gasteiger partial charge in [-0.25, -0.2) is 5.43 Å². The van der Waals surface area contributed by atoms with Crippen LogP contribution in [0.4, 0.5) is 0 Å². The van der Waals surface area contributed by atoms with E-state index in [1.54, 1.807) is 30.5 Å². The van der Waals surface area contributed by atoms with Crippen molar-refractivity contribution >= 4 is 34.0 Å². The normalized spacial score (nSPS) is 11.8. The number of carbonyl (C=O) groups is 2. The van der Waals surface area contributed by atoms with Gasteiger partial charge in [0.25, 0.3) is 11.8 Å². The zero-order valence-corrected chi connectivity index (χ0v) is 17.2. The lowest BCUT2D eigenvalue weighted by Crippen LogP contribution is -2.46. The van der Waals surface area contributed by atoms with Gasteiger partial charge in [0.05, 0.1) is 6.21 Å². The summed E-state index contributed by atoms with van der Waals surface area (Å²) in [6.45, 7) is 0. The van der Waals surface area contributed by atoms with Crippen molar-refractivity contribution < 1.29 is 9.59 Å². The van der Waals surface area contributed by atoms with Gasteiger partial charge in [0, 0.05) is 16.5 Å². The van der Waals surface area contributed by atoms with Crippen molar-refractivity contribution in [3.63, 3.8) is 0 Å². The number of hydrazone groups is 1.